The molecule has 1 aliphatic rings. The SMILES string of the molecule is COCCN1C[C@@H](C(=O)N(C)Cc2cc(-c3cccnc3)no2)CC1=O. The van der Waals surface area contributed by atoms with E-state index in [1.165, 1.54) is 0 Å². The molecule has 1 fully saturated rings. The van der Waals surface area contributed by atoms with Crippen LogP contribution in [-0.4, -0.2) is 65.6 Å². The van der Waals surface area contributed by atoms with Gasteiger partial charge in [0.05, 0.1) is 19.1 Å². The van der Waals surface area contributed by atoms with E-state index in [4.69, 9.17) is 9.26 Å². The molecule has 0 saturated carbocycles. The molecule has 0 spiro atoms. The van der Waals surface area contributed by atoms with Crippen molar-refractivity contribution in [2.24, 2.45) is 5.92 Å². The molecule has 0 unspecified atom stereocenters. The molecule has 8 nitrogen and oxygen atoms in total. The smallest absolute Gasteiger partial charge is 0.228 e. The van der Waals surface area contributed by atoms with Gasteiger partial charge in [0.25, 0.3) is 0 Å². The number of ether oxygens (including phenoxy) is 1. The quantitative estimate of drug-likeness (QED) is 0.739. The van der Waals surface area contributed by atoms with Crippen LogP contribution in [0.1, 0.15) is 12.2 Å². The van der Waals surface area contributed by atoms with Crippen molar-refractivity contribution >= 4 is 11.8 Å². The van der Waals surface area contributed by atoms with Crippen LogP contribution in [-0.2, 0) is 20.9 Å². The zero-order valence-corrected chi connectivity index (χ0v) is 14.9. The first kappa shape index (κ1) is 18.1. The number of likely N-dealkylation sites (tertiary alicyclic amines) is 1. The molecule has 0 aromatic carbocycles. The van der Waals surface area contributed by atoms with E-state index in [0.29, 0.717) is 37.7 Å². The van der Waals surface area contributed by atoms with Crippen LogP contribution < -0.4 is 0 Å². The summed E-state index contributed by atoms with van der Waals surface area (Å²) in [5.74, 6) is 0.176. The van der Waals surface area contributed by atoms with Crippen LogP contribution in [0.2, 0.25) is 0 Å². The summed E-state index contributed by atoms with van der Waals surface area (Å²) in [6.07, 6.45) is 3.63. The zero-order valence-electron chi connectivity index (χ0n) is 14.9. The number of rotatable bonds is 7. The number of methoxy groups -OCH3 is 1. The van der Waals surface area contributed by atoms with Crippen LogP contribution in [0, 0.1) is 5.92 Å². The van der Waals surface area contributed by atoms with E-state index in [2.05, 4.69) is 10.1 Å². The summed E-state index contributed by atoms with van der Waals surface area (Å²) < 4.78 is 10.3. The van der Waals surface area contributed by atoms with Crippen LogP contribution >= 0.6 is 0 Å². The Kier molecular flexibility index (Phi) is 5.62. The van der Waals surface area contributed by atoms with Crippen molar-refractivity contribution in [2.45, 2.75) is 13.0 Å². The molecule has 1 saturated heterocycles. The fourth-order valence-corrected chi connectivity index (χ4v) is 3.02. The number of hydrogen-bond donors (Lipinski definition) is 0. The Bertz CT molecular complexity index is 762. The lowest BCUT2D eigenvalue weighted by Crippen LogP contribution is -2.35. The minimum Gasteiger partial charge on any atom is -0.383 e. The molecule has 1 atom stereocenters. The van der Waals surface area contributed by atoms with E-state index in [1.807, 2.05) is 12.1 Å². The maximum atomic E-state index is 12.6. The van der Waals surface area contributed by atoms with Gasteiger partial charge < -0.3 is 19.1 Å². The third kappa shape index (κ3) is 4.08. The molecule has 3 rings (SSSR count). The van der Waals surface area contributed by atoms with E-state index in [1.54, 1.807) is 42.4 Å². The molecule has 3 heterocycles. The Morgan fingerprint density at radius 2 is 2.35 bits per heavy atom. The molecule has 0 aliphatic carbocycles. The Morgan fingerprint density at radius 3 is 3.08 bits per heavy atom. The summed E-state index contributed by atoms with van der Waals surface area (Å²) in [5, 5.41) is 4.02. The van der Waals surface area contributed by atoms with Gasteiger partial charge in [-0.2, -0.15) is 0 Å². The second-order valence-corrected chi connectivity index (χ2v) is 6.35. The molecule has 2 amide bonds. The Morgan fingerprint density at radius 1 is 1.50 bits per heavy atom. The number of nitrogens with zero attached hydrogens (tertiary/aromatic N) is 4. The number of amides is 2. The molecule has 8 heteroatoms. The molecule has 0 bridgehead atoms. The first-order valence-electron chi connectivity index (χ1n) is 8.46. The number of hydrogen-bond acceptors (Lipinski definition) is 6. The van der Waals surface area contributed by atoms with E-state index in [0.717, 1.165) is 5.56 Å². The van der Waals surface area contributed by atoms with Gasteiger partial charge in [-0.25, -0.2) is 0 Å². The van der Waals surface area contributed by atoms with Gasteiger partial charge in [-0.1, -0.05) is 5.16 Å². The number of carbonyl (C=O) groups is 2. The van der Waals surface area contributed by atoms with Gasteiger partial charge in [0, 0.05) is 57.7 Å². The van der Waals surface area contributed by atoms with Crippen LogP contribution in [0.4, 0.5) is 0 Å². The molecule has 138 valence electrons. The monoisotopic (exact) mass is 358 g/mol. The van der Waals surface area contributed by atoms with Gasteiger partial charge in [0.15, 0.2) is 5.76 Å². The molecule has 2 aromatic rings. The summed E-state index contributed by atoms with van der Waals surface area (Å²) in [4.78, 5) is 31.9. The molecule has 1 aliphatic heterocycles. The van der Waals surface area contributed by atoms with Gasteiger partial charge in [0.2, 0.25) is 11.8 Å². The molecule has 2 aromatic heterocycles. The largest absolute Gasteiger partial charge is 0.383 e. The van der Waals surface area contributed by atoms with Crippen molar-refractivity contribution in [1.82, 2.24) is 19.9 Å². The number of pyridine rings is 1. The summed E-state index contributed by atoms with van der Waals surface area (Å²) >= 11 is 0. The van der Waals surface area contributed by atoms with Crippen molar-refractivity contribution in [3.63, 3.8) is 0 Å². The van der Waals surface area contributed by atoms with Crippen molar-refractivity contribution in [2.75, 3.05) is 33.9 Å². The zero-order chi connectivity index (χ0) is 18.5. The predicted molar refractivity (Wildman–Crippen MR) is 92.8 cm³/mol. The van der Waals surface area contributed by atoms with Gasteiger partial charge in [0.1, 0.15) is 5.69 Å². The second kappa shape index (κ2) is 8.09. The summed E-state index contributed by atoms with van der Waals surface area (Å²) in [7, 11) is 3.30. The minimum atomic E-state index is -0.329. The maximum absolute atomic E-state index is 12.6. The molecule has 26 heavy (non-hydrogen) atoms. The van der Waals surface area contributed by atoms with Gasteiger partial charge in [-0.3, -0.25) is 14.6 Å². The van der Waals surface area contributed by atoms with Crippen molar-refractivity contribution in [3.05, 3.63) is 36.4 Å². The highest BCUT2D eigenvalue weighted by molar-refractivity contribution is 5.89. The Labute approximate surface area is 151 Å². The van der Waals surface area contributed by atoms with Crippen molar-refractivity contribution < 1.29 is 18.8 Å². The van der Waals surface area contributed by atoms with Crippen LogP contribution in [0.5, 0.6) is 0 Å². The minimum absolute atomic E-state index is 0.00710. The molecular formula is C18H22N4O4. The van der Waals surface area contributed by atoms with Crippen LogP contribution in [0.3, 0.4) is 0 Å². The summed E-state index contributed by atoms with van der Waals surface area (Å²) in [5.41, 5.74) is 1.53. The third-order valence-corrected chi connectivity index (χ3v) is 4.41. The van der Waals surface area contributed by atoms with E-state index in [9.17, 15) is 9.59 Å². The average Bonchev–Trinajstić information content (AvgIpc) is 3.27. The van der Waals surface area contributed by atoms with Crippen molar-refractivity contribution in [3.8, 4) is 11.3 Å². The number of carbonyl (C=O) groups excluding carboxylic acids is 2. The lowest BCUT2D eigenvalue weighted by atomic mass is 10.1. The lowest BCUT2D eigenvalue weighted by Gasteiger charge is -2.20. The highest BCUT2D eigenvalue weighted by atomic mass is 16.5. The molecule has 0 N–H and O–H groups in total. The van der Waals surface area contributed by atoms with Crippen LogP contribution in [0.25, 0.3) is 11.3 Å². The van der Waals surface area contributed by atoms with E-state index in [-0.39, 0.29) is 24.2 Å². The molecular weight excluding hydrogens is 336 g/mol. The standard InChI is InChI=1S/C18H22N4O4/c1-21(18(24)14-8-17(23)22(11-14)6-7-25-2)12-15-9-16(20-26-15)13-4-3-5-19-10-13/h3-5,9-10,14H,6-8,11-12H2,1-2H3/t14-/m0/s1. The van der Waals surface area contributed by atoms with Crippen LogP contribution in [0.15, 0.2) is 35.1 Å². The average molecular weight is 358 g/mol. The van der Waals surface area contributed by atoms with Gasteiger partial charge in [-0.05, 0) is 12.1 Å². The first-order chi connectivity index (χ1) is 12.6. The third-order valence-electron chi connectivity index (χ3n) is 4.41. The Hall–Kier alpha value is -2.74. The predicted octanol–water partition coefficient (Wildman–Crippen LogP) is 1.19. The fraction of sp³-hybridized carbons (Fsp3) is 0.444. The first-order valence-corrected chi connectivity index (χ1v) is 8.46. The highest BCUT2D eigenvalue weighted by Crippen LogP contribution is 2.22. The Balaban J connectivity index is 1.58. The highest BCUT2D eigenvalue weighted by Gasteiger charge is 2.35. The topological polar surface area (TPSA) is 88.8 Å². The van der Waals surface area contributed by atoms with E-state index >= 15 is 0 Å². The van der Waals surface area contributed by atoms with Crippen molar-refractivity contribution in [1.29, 1.82) is 0 Å². The maximum Gasteiger partial charge on any atom is 0.228 e. The fourth-order valence-electron chi connectivity index (χ4n) is 3.02. The second-order valence-electron chi connectivity index (χ2n) is 6.35. The number of aromatic nitrogens is 2. The lowest BCUT2D eigenvalue weighted by molar-refractivity contribution is -0.135. The summed E-state index contributed by atoms with van der Waals surface area (Å²) in [6.45, 7) is 1.72. The van der Waals surface area contributed by atoms with E-state index < -0.39 is 0 Å². The summed E-state index contributed by atoms with van der Waals surface area (Å²) in [6, 6.07) is 5.51. The van der Waals surface area contributed by atoms with Gasteiger partial charge >= 0.3 is 0 Å². The van der Waals surface area contributed by atoms with Gasteiger partial charge in [-0.15, -0.1) is 0 Å². The molecule has 0 radical (unpaired) electrons. The normalized spacial score (nSPS) is 16.9.